The smallest absolute Gasteiger partial charge is 0.137 e. The fourth-order valence-corrected chi connectivity index (χ4v) is 2.93. The average Bonchev–Trinajstić information content (AvgIpc) is 2.75. The lowest BCUT2D eigenvalue weighted by atomic mass is 10.1. The van der Waals surface area contributed by atoms with E-state index in [0.717, 1.165) is 17.2 Å². The van der Waals surface area contributed by atoms with Gasteiger partial charge in [-0.2, -0.15) is 0 Å². The van der Waals surface area contributed by atoms with Crippen LogP contribution in [-0.2, 0) is 0 Å². The summed E-state index contributed by atoms with van der Waals surface area (Å²) in [6.07, 6.45) is 0.586. The van der Waals surface area contributed by atoms with Crippen LogP contribution in [0.15, 0.2) is 28.0 Å². The Bertz CT molecular complexity index is 526. The van der Waals surface area contributed by atoms with Crippen molar-refractivity contribution in [3.8, 4) is 0 Å². The molecule has 2 aromatic heterocycles. The van der Waals surface area contributed by atoms with Gasteiger partial charge in [0.1, 0.15) is 17.6 Å². The van der Waals surface area contributed by atoms with Crippen molar-refractivity contribution in [3.63, 3.8) is 0 Å². The third-order valence-electron chi connectivity index (χ3n) is 3.46. The Morgan fingerprint density at radius 1 is 1.47 bits per heavy atom. The minimum atomic E-state index is -0.622. The molecule has 3 atom stereocenters. The molecule has 1 N–H and O–H groups in total. The van der Waals surface area contributed by atoms with E-state index >= 15 is 0 Å². The van der Waals surface area contributed by atoms with Crippen molar-refractivity contribution in [3.05, 3.63) is 45.5 Å². The third kappa shape index (κ3) is 2.05. The normalized spacial score (nSPS) is 24.9. The molecule has 1 aliphatic rings. The Morgan fingerprint density at radius 3 is 2.82 bits per heavy atom. The average molecular weight is 248 g/mol. The van der Waals surface area contributed by atoms with E-state index in [1.807, 2.05) is 30.5 Å². The van der Waals surface area contributed by atoms with Crippen LogP contribution in [0.25, 0.3) is 0 Å². The summed E-state index contributed by atoms with van der Waals surface area (Å²) in [6.45, 7) is 4.27. The molecule has 17 heavy (non-hydrogen) atoms. The van der Waals surface area contributed by atoms with Crippen LogP contribution in [0.4, 0.5) is 0 Å². The van der Waals surface area contributed by atoms with Crippen LogP contribution in [-0.4, -0.2) is 5.11 Å². The fourth-order valence-electron chi connectivity index (χ4n) is 2.20. The zero-order valence-electron chi connectivity index (χ0n) is 10.0. The Kier molecular flexibility index (Phi) is 2.60. The van der Waals surface area contributed by atoms with Gasteiger partial charge in [0.25, 0.3) is 0 Å². The van der Waals surface area contributed by atoms with Crippen molar-refractivity contribution < 1.29 is 9.52 Å². The molecular weight excluding hydrogens is 232 g/mol. The predicted molar refractivity (Wildman–Crippen MR) is 68.3 cm³/mol. The number of thiophene rings is 1. The first-order valence-corrected chi connectivity index (χ1v) is 6.86. The number of furan rings is 1. The van der Waals surface area contributed by atoms with E-state index in [2.05, 4.69) is 6.92 Å². The van der Waals surface area contributed by atoms with Crippen molar-refractivity contribution in [1.29, 1.82) is 0 Å². The van der Waals surface area contributed by atoms with Crippen molar-refractivity contribution in [2.75, 3.05) is 0 Å². The van der Waals surface area contributed by atoms with Gasteiger partial charge < -0.3 is 9.52 Å². The molecule has 0 radical (unpaired) electrons. The molecule has 2 aromatic rings. The van der Waals surface area contributed by atoms with Gasteiger partial charge in [-0.1, -0.05) is 6.92 Å². The second-order valence-corrected chi connectivity index (χ2v) is 6.07. The highest BCUT2D eigenvalue weighted by molar-refractivity contribution is 7.10. The molecular formula is C14H16O2S. The van der Waals surface area contributed by atoms with E-state index in [0.29, 0.717) is 11.7 Å². The van der Waals surface area contributed by atoms with Gasteiger partial charge in [0.05, 0.1) is 0 Å². The summed E-state index contributed by atoms with van der Waals surface area (Å²) < 4.78 is 5.76. The maximum Gasteiger partial charge on any atom is 0.137 e. The number of hydrogen-bond acceptors (Lipinski definition) is 3. The Balaban J connectivity index is 1.81. The maximum absolute atomic E-state index is 10.2. The number of aliphatic hydroxyl groups excluding tert-OH is 1. The molecule has 0 spiro atoms. The molecule has 3 heteroatoms. The highest BCUT2D eigenvalue weighted by Gasteiger charge is 2.37. The second-order valence-electron chi connectivity index (χ2n) is 4.95. The molecule has 1 saturated carbocycles. The van der Waals surface area contributed by atoms with E-state index in [9.17, 15) is 5.11 Å². The summed E-state index contributed by atoms with van der Waals surface area (Å²) in [5.74, 6) is 2.99. The molecule has 0 aromatic carbocycles. The Labute approximate surface area is 105 Å². The van der Waals surface area contributed by atoms with Crippen LogP contribution in [0.5, 0.6) is 0 Å². The molecule has 0 saturated heterocycles. The van der Waals surface area contributed by atoms with Crippen LogP contribution < -0.4 is 0 Å². The lowest BCUT2D eigenvalue weighted by molar-refractivity contribution is 0.187. The first-order chi connectivity index (χ1) is 8.15. The summed E-state index contributed by atoms with van der Waals surface area (Å²) in [5.41, 5.74) is 0.928. The summed E-state index contributed by atoms with van der Waals surface area (Å²) in [7, 11) is 0. The standard InChI is InChI=1S/C14H16O2S/c1-8-5-11(8)12-3-4-13(16-12)14(15)10-6-9(2)17-7-10/h3-4,6-8,11,14-15H,5H2,1-2H3. The van der Waals surface area contributed by atoms with Gasteiger partial charge in [0.15, 0.2) is 0 Å². The lowest BCUT2D eigenvalue weighted by Gasteiger charge is -2.04. The first kappa shape index (κ1) is 11.1. The van der Waals surface area contributed by atoms with E-state index in [1.165, 1.54) is 11.3 Å². The Morgan fingerprint density at radius 2 is 2.24 bits per heavy atom. The Hall–Kier alpha value is -1.06. The molecule has 3 rings (SSSR count). The van der Waals surface area contributed by atoms with Crippen molar-refractivity contribution >= 4 is 11.3 Å². The van der Waals surface area contributed by atoms with E-state index in [4.69, 9.17) is 4.42 Å². The molecule has 1 fully saturated rings. The summed E-state index contributed by atoms with van der Waals surface area (Å²) in [6, 6.07) is 5.92. The zero-order chi connectivity index (χ0) is 12.0. The van der Waals surface area contributed by atoms with Gasteiger partial charge >= 0.3 is 0 Å². The number of rotatable bonds is 3. The second kappa shape index (κ2) is 4.00. The van der Waals surface area contributed by atoms with Gasteiger partial charge in [0.2, 0.25) is 0 Å². The molecule has 2 nitrogen and oxygen atoms in total. The third-order valence-corrected chi connectivity index (χ3v) is 4.34. The van der Waals surface area contributed by atoms with Gasteiger partial charge in [0, 0.05) is 10.8 Å². The van der Waals surface area contributed by atoms with E-state index in [-0.39, 0.29) is 0 Å². The summed E-state index contributed by atoms with van der Waals surface area (Å²) in [5, 5.41) is 12.2. The minimum Gasteiger partial charge on any atom is -0.463 e. The van der Waals surface area contributed by atoms with Gasteiger partial charge in [-0.25, -0.2) is 0 Å². The van der Waals surface area contributed by atoms with Crippen LogP contribution in [0.1, 0.15) is 47.3 Å². The summed E-state index contributed by atoms with van der Waals surface area (Å²) in [4.78, 5) is 1.21. The highest BCUT2D eigenvalue weighted by atomic mass is 32.1. The monoisotopic (exact) mass is 248 g/mol. The van der Waals surface area contributed by atoms with E-state index < -0.39 is 6.10 Å². The molecule has 90 valence electrons. The maximum atomic E-state index is 10.2. The largest absolute Gasteiger partial charge is 0.463 e. The zero-order valence-corrected chi connectivity index (χ0v) is 10.8. The quantitative estimate of drug-likeness (QED) is 0.895. The van der Waals surface area contributed by atoms with Crippen LogP contribution in [0.3, 0.4) is 0 Å². The van der Waals surface area contributed by atoms with Gasteiger partial charge in [-0.05, 0) is 48.4 Å². The molecule has 0 bridgehead atoms. The fraction of sp³-hybridized carbons (Fsp3) is 0.429. The number of hydrogen-bond donors (Lipinski definition) is 1. The molecule has 3 unspecified atom stereocenters. The summed E-state index contributed by atoms with van der Waals surface area (Å²) >= 11 is 1.65. The van der Waals surface area contributed by atoms with Crippen molar-refractivity contribution in [2.45, 2.75) is 32.3 Å². The first-order valence-electron chi connectivity index (χ1n) is 5.98. The topological polar surface area (TPSA) is 33.4 Å². The van der Waals surface area contributed by atoms with Crippen molar-refractivity contribution in [1.82, 2.24) is 0 Å². The predicted octanol–water partition coefficient (Wildman–Crippen LogP) is 3.85. The lowest BCUT2D eigenvalue weighted by Crippen LogP contribution is -1.95. The molecule has 0 aliphatic heterocycles. The molecule has 2 heterocycles. The molecule has 0 amide bonds. The minimum absolute atomic E-state index is 0.570. The highest BCUT2D eigenvalue weighted by Crippen LogP contribution is 2.47. The van der Waals surface area contributed by atoms with Crippen LogP contribution in [0.2, 0.25) is 0 Å². The van der Waals surface area contributed by atoms with Gasteiger partial charge in [-0.3, -0.25) is 0 Å². The van der Waals surface area contributed by atoms with Crippen molar-refractivity contribution in [2.24, 2.45) is 5.92 Å². The SMILES string of the molecule is Cc1cc(C(O)c2ccc(C3CC3C)o2)cs1. The van der Waals surface area contributed by atoms with E-state index in [1.54, 1.807) is 11.3 Å². The van der Waals surface area contributed by atoms with Crippen LogP contribution in [0, 0.1) is 12.8 Å². The molecule has 1 aliphatic carbocycles. The van der Waals surface area contributed by atoms with Crippen LogP contribution >= 0.6 is 11.3 Å². The number of aliphatic hydroxyl groups is 1. The number of aryl methyl sites for hydroxylation is 1. The van der Waals surface area contributed by atoms with Gasteiger partial charge in [-0.15, -0.1) is 11.3 Å².